The van der Waals surface area contributed by atoms with Crippen LogP contribution in [0, 0.1) is 0 Å². The summed E-state index contributed by atoms with van der Waals surface area (Å²) in [6.45, 7) is 0.753. The van der Waals surface area contributed by atoms with Crippen LogP contribution in [0.15, 0.2) is 36.4 Å². The number of hydrogen-bond acceptors (Lipinski definition) is 5. The van der Waals surface area contributed by atoms with Crippen molar-refractivity contribution in [1.29, 1.82) is 0 Å². The zero-order chi connectivity index (χ0) is 19.4. The van der Waals surface area contributed by atoms with Crippen molar-refractivity contribution in [3.8, 4) is 17.2 Å². The average molecular weight is 369 g/mol. The first kappa shape index (κ1) is 18.8. The summed E-state index contributed by atoms with van der Waals surface area (Å²) in [5.41, 5.74) is 2.24. The molecule has 2 aromatic carbocycles. The van der Waals surface area contributed by atoms with Crippen LogP contribution in [0.3, 0.4) is 0 Å². The van der Waals surface area contributed by atoms with Gasteiger partial charge in [-0.25, -0.2) is 0 Å². The Morgan fingerprint density at radius 1 is 1.00 bits per heavy atom. The number of ketones is 1. The maximum absolute atomic E-state index is 12.7. The van der Waals surface area contributed by atoms with Crippen molar-refractivity contribution >= 4 is 17.4 Å². The molecule has 1 fully saturated rings. The number of hydrogen-bond donors (Lipinski definition) is 0. The first-order valence-corrected chi connectivity index (χ1v) is 8.80. The minimum atomic E-state index is -0.0562. The second kappa shape index (κ2) is 8.12. The monoisotopic (exact) mass is 369 g/mol. The van der Waals surface area contributed by atoms with E-state index in [0.29, 0.717) is 29.2 Å². The number of methoxy groups -OCH3 is 3. The van der Waals surface area contributed by atoms with Crippen LogP contribution in [-0.2, 0) is 11.2 Å². The van der Waals surface area contributed by atoms with E-state index >= 15 is 0 Å². The molecule has 0 N–H and O–H groups in total. The minimum absolute atomic E-state index is 0.0562. The van der Waals surface area contributed by atoms with E-state index in [1.165, 1.54) is 21.3 Å². The average Bonchev–Trinajstić information content (AvgIpc) is 3.13. The smallest absolute Gasteiger partial charge is 0.227 e. The molecule has 0 saturated carbocycles. The second-order valence-electron chi connectivity index (χ2n) is 6.33. The number of Topliss-reactive ketones (excluding diaryl/α,β-unsaturated/α-hetero) is 1. The molecule has 3 rings (SSSR count). The molecule has 0 atom stereocenters. The first-order chi connectivity index (χ1) is 13.1. The topological polar surface area (TPSA) is 65.1 Å². The quantitative estimate of drug-likeness (QED) is 0.701. The van der Waals surface area contributed by atoms with Crippen molar-refractivity contribution < 1.29 is 23.8 Å². The molecule has 1 saturated heterocycles. The van der Waals surface area contributed by atoms with E-state index < -0.39 is 0 Å². The van der Waals surface area contributed by atoms with E-state index in [0.717, 1.165) is 24.2 Å². The van der Waals surface area contributed by atoms with Gasteiger partial charge < -0.3 is 19.1 Å². The molecule has 1 heterocycles. The van der Waals surface area contributed by atoms with Crippen LogP contribution in [0.2, 0.25) is 0 Å². The number of anilines is 1. The molecule has 2 aromatic rings. The van der Waals surface area contributed by atoms with Gasteiger partial charge in [-0.3, -0.25) is 9.59 Å². The predicted molar refractivity (Wildman–Crippen MR) is 102 cm³/mol. The van der Waals surface area contributed by atoms with Gasteiger partial charge >= 0.3 is 0 Å². The minimum Gasteiger partial charge on any atom is -0.493 e. The first-order valence-electron chi connectivity index (χ1n) is 8.80. The molecule has 0 unspecified atom stereocenters. The van der Waals surface area contributed by atoms with Crippen LogP contribution < -0.4 is 19.1 Å². The van der Waals surface area contributed by atoms with Gasteiger partial charge in [0, 0.05) is 30.6 Å². The Kier molecular flexibility index (Phi) is 5.64. The number of carbonyl (C=O) groups is 2. The van der Waals surface area contributed by atoms with Crippen LogP contribution in [0.1, 0.15) is 28.8 Å². The largest absolute Gasteiger partial charge is 0.493 e. The van der Waals surface area contributed by atoms with E-state index in [1.54, 1.807) is 17.0 Å². The van der Waals surface area contributed by atoms with Crippen molar-refractivity contribution in [3.05, 3.63) is 47.5 Å². The third-order valence-electron chi connectivity index (χ3n) is 4.67. The Balaban J connectivity index is 1.78. The van der Waals surface area contributed by atoms with E-state index in [4.69, 9.17) is 14.2 Å². The van der Waals surface area contributed by atoms with Crippen LogP contribution in [0.5, 0.6) is 17.2 Å². The molecular weight excluding hydrogens is 346 g/mol. The van der Waals surface area contributed by atoms with Crippen molar-refractivity contribution in [3.63, 3.8) is 0 Å². The summed E-state index contributed by atoms with van der Waals surface area (Å²) in [5.74, 6) is 1.44. The molecule has 0 aliphatic carbocycles. The Labute approximate surface area is 158 Å². The van der Waals surface area contributed by atoms with Crippen molar-refractivity contribution in [1.82, 2.24) is 0 Å². The zero-order valence-corrected chi connectivity index (χ0v) is 15.8. The molecular formula is C21H23NO5. The van der Waals surface area contributed by atoms with Crippen LogP contribution >= 0.6 is 0 Å². The molecule has 0 bridgehead atoms. The fourth-order valence-electron chi connectivity index (χ4n) is 3.24. The SMILES string of the molecule is COc1cc(C(=O)Cc2ccc(N3CCCC3=O)cc2)cc(OC)c1OC. The lowest BCUT2D eigenvalue weighted by Crippen LogP contribution is -2.23. The van der Waals surface area contributed by atoms with E-state index in [2.05, 4.69) is 0 Å². The fourth-order valence-corrected chi connectivity index (χ4v) is 3.24. The molecule has 27 heavy (non-hydrogen) atoms. The molecule has 0 aromatic heterocycles. The number of benzene rings is 2. The fraction of sp³-hybridized carbons (Fsp3) is 0.333. The number of carbonyl (C=O) groups excluding carboxylic acids is 2. The van der Waals surface area contributed by atoms with Gasteiger partial charge in [-0.15, -0.1) is 0 Å². The lowest BCUT2D eigenvalue weighted by Gasteiger charge is -2.16. The van der Waals surface area contributed by atoms with Gasteiger partial charge in [0.1, 0.15) is 0 Å². The second-order valence-corrected chi connectivity index (χ2v) is 6.33. The van der Waals surface area contributed by atoms with Gasteiger partial charge in [0.15, 0.2) is 17.3 Å². The Morgan fingerprint density at radius 2 is 1.63 bits per heavy atom. The van der Waals surface area contributed by atoms with Crippen molar-refractivity contribution in [2.24, 2.45) is 0 Å². The Hall–Kier alpha value is -3.02. The predicted octanol–water partition coefficient (Wildman–Crippen LogP) is 3.26. The van der Waals surface area contributed by atoms with E-state index in [1.807, 2.05) is 24.3 Å². The van der Waals surface area contributed by atoms with E-state index in [-0.39, 0.29) is 18.1 Å². The molecule has 142 valence electrons. The molecule has 6 heteroatoms. The highest BCUT2D eigenvalue weighted by Gasteiger charge is 2.22. The Bertz CT molecular complexity index is 819. The van der Waals surface area contributed by atoms with Gasteiger partial charge in [-0.05, 0) is 36.2 Å². The number of rotatable bonds is 7. The van der Waals surface area contributed by atoms with Gasteiger partial charge in [0.25, 0.3) is 0 Å². The molecule has 1 aliphatic rings. The summed E-state index contributed by atoms with van der Waals surface area (Å²) < 4.78 is 15.9. The van der Waals surface area contributed by atoms with Crippen LogP contribution in [-0.4, -0.2) is 39.6 Å². The molecule has 1 aliphatic heterocycles. The normalized spacial score (nSPS) is 13.6. The maximum Gasteiger partial charge on any atom is 0.227 e. The Morgan fingerprint density at radius 3 is 2.11 bits per heavy atom. The molecule has 6 nitrogen and oxygen atoms in total. The van der Waals surface area contributed by atoms with Gasteiger partial charge in [-0.1, -0.05) is 12.1 Å². The van der Waals surface area contributed by atoms with E-state index in [9.17, 15) is 9.59 Å². The summed E-state index contributed by atoms with van der Waals surface area (Å²) in [7, 11) is 4.56. The molecule has 0 spiro atoms. The van der Waals surface area contributed by atoms with Crippen molar-refractivity contribution in [2.75, 3.05) is 32.8 Å². The highest BCUT2D eigenvalue weighted by Crippen LogP contribution is 2.38. The molecule has 1 amide bonds. The van der Waals surface area contributed by atoms with Gasteiger partial charge in [0.05, 0.1) is 21.3 Å². The van der Waals surface area contributed by atoms with Gasteiger partial charge in [-0.2, -0.15) is 0 Å². The summed E-state index contributed by atoms with van der Waals surface area (Å²) in [4.78, 5) is 26.3. The number of ether oxygens (including phenoxy) is 3. The third-order valence-corrected chi connectivity index (χ3v) is 4.67. The number of amides is 1. The zero-order valence-electron chi connectivity index (χ0n) is 15.8. The standard InChI is InChI=1S/C21H23NO5/c1-25-18-12-15(13-19(26-2)21(18)27-3)17(23)11-14-6-8-16(9-7-14)22-10-4-5-20(22)24/h6-9,12-13H,4-5,10-11H2,1-3H3. The summed E-state index contributed by atoms with van der Waals surface area (Å²) in [6.07, 6.45) is 1.73. The third kappa shape index (κ3) is 3.89. The van der Waals surface area contributed by atoms with Crippen molar-refractivity contribution in [2.45, 2.75) is 19.3 Å². The summed E-state index contributed by atoms with van der Waals surface area (Å²) in [6, 6.07) is 10.9. The van der Waals surface area contributed by atoms with Crippen LogP contribution in [0.4, 0.5) is 5.69 Å². The lowest BCUT2D eigenvalue weighted by atomic mass is 10.0. The highest BCUT2D eigenvalue weighted by atomic mass is 16.5. The highest BCUT2D eigenvalue weighted by molar-refractivity contribution is 5.99. The number of nitrogens with zero attached hydrogens (tertiary/aromatic N) is 1. The van der Waals surface area contributed by atoms with Crippen LogP contribution in [0.25, 0.3) is 0 Å². The summed E-state index contributed by atoms with van der Waals surface area (Å²) >= 11 is 0. The summed E-state index contributed by atoms with van der Waals surface area (Å²) in [5, 5.41) is 0. The van der Waals surface area contributed by atoms with Gasteiger partial charge in [0.2, 0.25) is 11.7 Å². The molecule has 0 radical (unpaired) electrons. The maximum atomic E-state index is 12.7. The lowest BCUT2D eigenvalue weighted by molar-refractivity contribution is -0.117.